The van der Waals surface area contributed by atoms with E-state index in [-0.39, 0.29) is 17.3 Å². The lowest BCUT2D eigenvalue weighted by atomic mass is 10.0. The highest BCUT2D eigenvalue weighted by Crippen LogP contribution is 2.22. The lowest BCUT2D eigenvalue weighted by Crippen LogP contribution is -2.42. The lowest BCUT2D eigenvalue weighted by Gasteiger charge is -2.27. The molecule has 26 heavy (non-hydrogen) atoms. The maximum Gasteiger partial charge on any atom is 0.265 e. The van der Waals surface area contributed by atoms with Crippen LogP contribution in [0.15, 0.2) is 41.5 Å². The fourth-order valence-corrected chi connectivity index (χ4v) is 3.34. The van der Waals surface area contributed by atoms with Crippen LogP contribution in [0.1, 0.15) is 42.9 Å². The van der Waals surface area contributed by atoms with Crippen molar-refractivity contribution in [3.8, 4) is 0 Å². The minimum atomic E-state index is -0.811. The Hall–Kier alpha value is -2.96. The van der Waals surface area contributed by atoms with Crippen molar-refractivity contribution < 1.29 is 4.79 Å². The average molecular weight is 353 g/mol. The summed E-state index contributed by atoms with van der Waals surface area (Å²) in [6, 6.07) is 8.38. The molecule has 1 aromatic heterocycles. The topological polar surface area (TPSA) is 105 Å². The van der Waals surface area contributed by atoms with Gasteiger partial charge >= 0.3 is 0 Å². The Balaban J connectivity index is 2.09. The standard InChI is InChI=1S/C19H23N5O2/c20-12-15-17(21)22-13-24(18(15)25)16(14-8-4-3-5-9-14)19(26)23-10-6-1-2-7-11-23/h3-5,8-9,12-13,16,20H,1-2,6-7,10-11,21H2. The summed E-state index contributed by atoms with van der Waals surface area (Å²) >= 11 is 0. The molecule has 1 aliphatic heterocycles. The van der Waals surface area contributed by atoms with Crippen molar-refractivity contribution in [3.63, 3.8) is 0 Å². The van der Waals surface area contributed by atoms with Gasteiger partial charge in [0, 0.05) is 19.3 Å². The van der Waals surface area contributed by atoms with Crippen LogP contribution in [0.4, 0.5) is 5.82 Å². The summed E-state index contributed by atoms with van der Waals surface area (Å²) in [4.78, 5) is 32.0. The van der Waals surface area contributed by atoms with Crippen LogP contribution in [0.3, 0.4) is 0 Å². The number of hydrogen-bond acceptors (Lipinski definition) is 5. The largest absolute Gasteiger partial charge is 0.383 e. The van der Waals surface area contributed by atoms with Crippen molar-refractivity contribution in [3.05, 3.63) is 58.1 Å². The SMILES string of the molecule is N=Cc1c(N)ncn(C(C(=O)N2CCCCCC2)c2ccccc2)c1=O. The number of anilines is 1. The first-order valence-electron chi connectivity index (χ1n) is 8.84. The summed E-state index contributed by atoms with van der Waals surface area (Å²) in [5, 5.41) is 7.45. The maximum atomic E-state index is 13.3. The molecular weight excluding hydrogens is 330 g/mol. The third-order valence-electron chi connectivity index (χ3n) is 4.75. The van der Waals surface area contributed by atoms with Crippen LogP contribution >= 0.6 is 0 Å². The predicted molar refractivity (Wildman–Crippen MR) is 100 cm³/mol. The summed E-state index contributed by atoms with van der Waals surface area (Å²) in [5.41, 5.74) is 5.94. The Bertz CT molecular complexity index is 839. The van der Waals surface area contributed by atoms with Crippen molar-refractivity contribution in [1.29, 1.82) is 5.41 Å². The molecule has 0 bridgehead atoms. The highest BCUT2D eigenvalue weighted by atomic mass is 16.2. The molecule has 2 heterocycles. The monoisotopic (exact) mass is 353 g/mol. The second-order valence-corrected chi connectivity index (χ2v) is 6.45. The van der Waals surface area contributed by atoms with Crippen molar-refractivity contribution in [2.45, 2.75) is 31.7 Å². The number of benzene rings is 1. The van der Waals surface area contributed by atoms with Gasteiger partial charge in [-0.2, -0.15) is 0 Å². The molecule has 0 spiro atoms. The van der Waals surface area contributed by atoms with E-state index in [0.29, 0.717) is 18.7 Å². The van der Waals surface area contributed by atoms with E-state index >= 15 is 0 Å². The zero-order valence-corrected chi connectivity index (χ0v) is 14.6. The van der Waals surface area contributed by atoms with Gasteiger partial charge < -0.3 is 16.0 Å². The number of carbonyl (C=O) groups excluding carboxylic acids is 1. The number of nitrogen functional groups attached to an aromatic ring is 1. The zero-order valence-electron chi connectivity index (χ0n) is 14.6. The van der Waals surface area contributed by atoms with Gasteiger partial charge in [0.2, 0.25) is 5.91 Å². The molecule has 1 fully saturated rings. The molecule has 1 amide bonds. The molecule has 1 aromatic carbocycles. The molecule has 0 aliphatic carbocycles. The minimum Gasteiger partial charge on any atom is -0.383 e. The van der Waals surface area contributed by atoms with Crippen LogP contribution < -0.4 is 11.3 Å². The summed E-state index contributed by atoms with van der Waals surface area (Å²) in [7, 11) is 0. The van der Waals surface area contributed by atoms with Gasteiger partial charge in [0.1, 0.15) is 18.2 Å². The van der Waals surface area contributed by atoms with E-state index in [2.05, 4.69) is 4.98 Å². The van der Waals surface area contributed by atoms with E-state index in [4.69, 9.17) is 11.1 Å². The molecule has 0 radical (unpaired) electrons. The molecule has 7 nitrogen and oxygen atoms in total. The summed E-state index contributed by atoms with van der Waals surface area (Å²) in [6.45, 7) is 1.38. The third-order valence-corrected chi connectivity index (χ3v) is 4.75. The number of nitrogens with zero attached hydrogens (tertiary/aromatic N) is 3. The number of rotatable bonds is 4. The summed E-state index contributed by atoms with van der Waals surface area (Å²) in [5.74, 6) is -0.127. The van der Waals surface area contributed by atoms with Crippen molar-refractivity contribution in [1.82, 2.24) is 14.5 Å². The Labute approximate surface area is 152 Å². The van der Waals surface area contributed by atoms with Gasteiger partial charge in [0.25, 0.3) is 5.56 Å². The van der Waals surface area contributed by atoms with Crippen LogP contribution in [0, 0.1) is 5.41 Å². The molecule has 3 N–H and O–H groups in total. The number of hydrogen-bond donors (Lipinski definition) is 2. The molecule has 1 atom stereocenters. The van der Waals surface area contributed by atoms with E-state index in [1.54, 1.807) is 0 Å². The summed E-state index contributed by atoms with van der Waals surface area (Å²) < 4.78 is 1.29. The van der Waals surface area contributed by atoms with Crippen LogP contribution in [0.25, 0.3) is 0 Å². The van der Waals surface area contributed by atoms with Gasteiger partial charge in [-0.15, -0.1) is 0 Å². The average Bonchev–Trinajstić information content (AvgIpc) is 2.94. The maximum absolute atomic E-state index is 13.3. The smallest absolute Gasteiger partial charge is 0.265 e. The number of nitrogens with one attached hydrogen (secondary N) is 1. The number of amides is 1. The van der Waals surface area contributed by atoms with E-state index < -0.39 is 11.6 Å². The fraction of sp³-hybridized carbons (Fsp3) is 0.368. The molecule has 3 rings (SSSR count). The first-order chi connectivity index (χ1) is 12.6. The van der Waals surface area contributed by atoms with Gasteiger partial charge in [-0.3, -0.25) is 14.2 Å². The van der Waals surface area contributed by atoms with Crippen LogP contribution in [0.2, 0.25) is 0 Å². The van der Waals surface area contributed by atoms with Crippen LogP contribution in [0.5, 0.6) is 0 Å². The van der Waals surface area contributed by atoms with E-state index in [1.165, 1.54) is 10.9 Å². The van der Waals surface area contributed by atoms with Gasteiger partial charge in [0.05, 0.1) is 5.56 Å². The first-order valence-corrected chi connectivity index (χ1v) is 8.84. The third kappa shape index (κ3) is 3.51. The highest BCUT2D eigenvalue weighted by molar-refractivity contribution is 5.85. The Morgan fingerprint density at radius 1 is 1.15 bits per heavy atom. The number of likely N-dealkylation sites (tertiary alicyclic amines) is 1. The molecular formula is C19H23N5O2. The van der Waals surface area contributed by atoms with Crippen molar-refractivity contribution in [2.24, 2.45) is 0 Å². The minimum absolute atomic E-state index is 0.00269. The van der Waals surface area contributed by atoms with E-state index in [0.717, 1.165) is 31.9 Å². The molecule has 1 aliphatic rings. The van der Waals surface area contributed by atoms with Gasteiger partial charge in [0.15, 0.2) is 0 Å². The Morgan fingerprint density at radius 2 is 1.81 bits per heavy atom. The number of aromatic nitrogens is 2. The quantitative estimate of drug-likeness (QED) is 0.818. The number of carbonyl (C=O) groups is 1. The normalized spacial score (nSPS) is 15.9. The van der Waals surface area contributed by atoms with Crippen LogP contribution in [-0.2, 0) is 4.79 Å². The lowest BCUT2D eigenvalue weighted by molar-refractivity contribution is -0.133. The molecule has 7 heteroatoms. The Morgan fingerprint density at radius 3 is 2.42 bits per heavy atom. The fourth-order valence-electron chi connectivity index (χ4n) is 3.34. The zero-order chi connectivity index (χ0) is 18.5. The van der Waals surface area contributed by atoms with E-state index in [9.17, 15) is 9.59 Å². The number of nitrogens with two attached hydrogens (primary N) is 1. The van der Waals surface area contributed by atoms with Crippen molar-refractivity contribution in [2.75, 3.05) is 18.8 Å². The molecule has 1 unspecified atom stereocenters. The molecule has 1 saturated heterocycles. The first kappa shape index (κ1) is 17.8. The second-order valence-electron chi connectivity index (χ2n) is 6.45. The molecule has 0 saturated carbocycles. The van der Waals surface area contributed by atoms with Crippen molar-refractivity contribution >= 4 is 17.9 Å². The van der Waals surface area contributed by atoms with E-state index in [1.807, 2.05) is 35.2 Å². The molecule has 2 aromatic rings. The van der Waals surface area contributed by atoms with Gasteiger partial charge in [-0.25, -0.2) is 4.98 Å². The summed E-state index contributed by atoms with van der Waals surface area (Å²) in [6.07, 6.45) is 6.35. The second kappa shape index (κ2) is 7.95. The van der Waals surface area contributed by atoms with Gasteiger partial charge in [-0.05, 0) is 18.4 Å². The van der Waals surface area contributed by atoms with Gasteiger partial charge in [-0.1, -0.05) is 43.2 Å². The molecule has 136 valence electrons. The van der Waals surface area contributed by atoms with Crippen LogP contribution in [-0.4, -0.2) is 39.7 Å². The highest BCUT2D eigenvalue weighted by Gasteiger charge is 2.29. The Kier molecular flexibility index (Phi) is 5.46. The predicted octanol–water partition coefficient (Wildman–Crippen LogP) is 1.82.